The summed E-state index contributed by atoms with van der Waals surface area (Å²) in [5.74, 6) is 1.25. The number of benzene rings is 5. The van der Waals surface area contributed by atoms with Gasteiger partial charge in [-0.15, -0.1) is 13.2 Å². The molecule has 105 heavy (non-hydrogen) atoms. The van der Waals surface area contributed by atoms with Crippen molar-refractivity contribution < 1.29 is 45.5 Å². The van der Waals surface area contributed by atoms with Crippen LogP contribution in [-0.2, 0) is 47.3 Å². The number of nitrogens with zero attached hydrogens (tertiary/aromatic N) is 8. The number of aldehydes is 1. The van der Waals surface area contributed by atoms with E-state index in [0.717, 1.165) is 133 Å². The van der Waals surface area contributed by atoms with Gasteiger partial charge in [0.1, 0.15) is 17.0 Å². The predicted octanol–water partition coefficient (Wildman–Crippen LogP) is 16.5. The summed E-state index contributed by atoms with van der Waals surface area (Å²) in [6, 6.07) is 36.6. The van der Waals surface area contributed by atoms with Gasteiger partial charge in [-0.2, -0.15) is 0 Å². The zero-order chi connectivity index (χ0) is 74.8. The Labute approximate surface area is 620 Å². The van der Waals surface area contributed by atoms with Gasteiger partial charge in [0, 0.05) is 115 Å². The average molecular weight is 1470 g/mol. The second-order valence-electron chi connectivity index (χ2n) is 30.3. The lowest BCUT2D eigenvalue weighted by Gasteiger charge is -2.51. The van der Waals surface area contributed by atoms with Gasteiger partial charge in [-0.25, -0.2) is 39.4 Å². The number of para-hydroxylation sites is 3. The Morgan fingerprint density at radius 1 is 0.619 bits per heavy atom. The number of aromatic amines is 1. The lowest BCUT2D eigenvalue weighted by Crippen LogP contribution is -2.59. The molecule has 8 heterocycles. The van der Waals surface area contributed by atoms with Gasteiger partial charge in [0.15, 0.2) is 6.29 Å². The Balaban J connectivity index is 0.000000168. The molecule has 22 heteroatoms. The number of aromatic nitrogens is 5. The number of ether oxygens (including phenoxy) is 2. The van der Waals surface area contributed by atoms with E-state index >= 15 is 0 Å². The number of allylic oxidation sites excluding steroid dienone is 1. The fraction of sp³-hybridized carbons (Fsp3) is 0.422. The Morgan fingerprint density at radius 2 is 1.12 bits per heavy atom. The van der Waals surface area contributed by atoms with Crippen molar-refractivity contribution in [3.8, 4) is 0 Å². The zero-order valence-electron chi connectivity index (χ0n) is 61.8. The highest BCUT2D eigenvalue weighted by atomic mass is 32.2. The third kappa shape index (κ3) is 19.2. The van der Waals surface area contributed by atoms with Gasteiger partial charge in [-0.1, -0.05) is 110 Å². The summed E-state index contributed by atoms with van der Waals surface area (Å²) < 4.78 is 66.0. The number of carbonyl (C=O) groups excluding carboxylic acids is 4. The molecule has 4 saturated heterocycles. The maximum atomic E-state index is 13.5. The first-order valence-electron chi connectivity index (χ1n) is 36.0. The molecule has 0 bridgehead atoms. The summed E-state index contributed by atoms with van der Waals surface area (Å²) in [6.45, 7) is 29.9. The first-order chi connectivity index (χ1) is 49.4. The van der Waals surface area contributed by atoms with Crippen LogP contribution in [0.4, 0.5) is 15.4 Å². The molecule has 20 nitrogen and oxygen atoms in total. The minimum Gasteiger partial charge on any atom is -0.444 e. The van der Waals surface area contributed by atoms with Crippen LogP contribution < -0.4 is 10.6 Å². The van der Waals surface area contributed by atoms with Gasteiger partial charge in [-0.3, -0.25) is 14.6 Å². The molecule has 0 aliphatic carbocycles. The van der Waals surface area contributed by atoms with E-state index in [1.165, 1.54) is 21.1 Å². The molecule has 1 spiro atoms. The van der Waals surface area contributed by atoms with Crippen LogP contribution in [0.2, 0.25) is 0 Å². The van der Waals surface area contributed by atoms with Crippen LogP contribution in [0.25, 0.3) is 32.7 Å². The first-order valence-corrected chi connectivity index (χ1v) is 38.9. The Kier molecular flexibility index (Phi) is 25.3. The Morgan fingerprint density at radius 3 is 1.66 bits per heavy atom. The van der Waals surface area contributed by atoms with Gasteiger partial charge >= 0.3 is 12.2 Å². The quantitative estimate of drug-likeness (QED) is 0.0716. The van der Waals surface area contributed by atoms with E-state index in [9.17, 15) is 36.0 Å². The van der Waals surface area contributed by atoms with Crippen molar-refractivity contribution in [1.29, 1.82) is 0 Å². The van der Waals surface area contributed by atoms with E-state index < -0.39 is 31.2 Å². The van der Waals surface area contributed by atoms with Crippen LogP contribution in [0.15, 0.2) is 187 Å². The highest BCUT2D eigenvalue weighted by molar-refractivity contribution is 7.90. The number of anilines is 1. The number of amides is 3. The molecular formula is C83H106N10O10S2. The van der Waals surface area contributed by atoms with Crippen molar-refractivity contribution in [1.82, 2.24) is 37.6 Å². The van der Waals surface area contributed by atoms with E-state index in [2.05, 4.69) is 62.3 Å². The van der Waals surface area contributed by atoms with Crippen LogP contribution in [0.5, 0.6) is 0 Å². The number of carbonyl (C=O) groups is 4. The monoisotopic (exact) mass is 1470 g/mol. The smallest absolute Gasteiger partial charge is 0.410 e. The number of hydrogen-bond acceptors (Lipinski definition) is 14. The van der Waals surface area contributed by atoms with Crippen LogP contribution >= 0.6 is 0 Å². The number of hydrogen-bond donors (Lipinski definition) is 2. The molecule has 4 fully saturated rings. The SMILES string of the molecule is C.C=CCC1(CCc2cn(S(=O)(=O)c3ccc(C)cc3)c3ccccc23)CCN(C(=O)OC(C)(C)C)CC1.C=CCC1(N)CCN(C(=O)OC(C)(C)C)CC1.Cc1ccc(S(=O)(=O)n2cc(C=O)c3ccccc32)cc1.Cc1cncc(N2CCC3(CCCC(=O)N3Cc3c[nH]c4ccccc34)CC2)n1. The summed E-state index contributed by atoms with van der Waals surface area (Å²) in [6.07, 6.45) is 24.2. The second-order valence-corrected chi connectivity index (χ2v) is 34.0. The van der Waals surface area contributed by atoms with Gasteiger partial charge in [0.2, 0.25) is 5.91 Å². The normalized spacial score (nSPS) is 16.5. The minimum atomic E-state index is -3.72. The summed E-state index contributed by atoms with van der Waals surface area (Å²) in [5.41, 5.74) is 12.9. The van der Waals surface area contributed by atoms with E-state index in [-0.39, 0.29) is 45.9 Å². The molecule has 5 aromatic carbocycles. The van der Waals surface area contributed by atoms with Crippen molar-refractivity contribution in [3.63, 3.8) is 0 Å². The summed E-state index contributed by atoms with van der Waals surface area (Å²) >= 11 is 0. The maximum Gasteiger partial charge on any atom is 0.410 e. The number of likely N-dealkylation sites (tertiary alicyclic amines) is 3. The molecule has 13 rings (SSSR count). The molecule has 4 aliphatic rings. The summed E-state index contributed by atoms with van der Waals surface area (Å²) in [7, 11) is -7.43. The van der Waals surface area contributed by atoms with Crippen molar-refractivity contribution in [3.05, 3.63) is 211 Å². The molecule has 3 N–H and O–H groups in total. The molecule has 3 amide bonds. The van der Waals surface area contributed by atoms with Crippen LogP contribution in [0.3, 0.4) is 0 Å². The van der Waals surface area contributed by atoms with E-state index in [0.29, 0.717) is 73.3 Å². The maximum absolute atomic E-state index is 13.5. The van der Waals surface area contributed by atoms with Crippen molar-refractivity contribution in [2.75, 3.05) is 44.2 Å². The largest absolute Gasteiger partial charge is 0.444 e. The highest BCUT2D eigenvalue weighted by Crippen LogP contribution is 2.43. The van der Waals surface area contributed by atoms with Gasteiger partial charge < -0.3 is 39.8 Å². The van der Waals surface area contributed by atoms with E-state index in [1.807, 2.05) is 123 Å². The molecule has 0 unspecified atom stereocenters. The fourth-order valence-corrected chi connectivity index (χ4v) is 17.3. The number of aryl methyl sites for hydroxylation is 4. The standard InChI is InChI=1S/C30H38N2O4S.C23H27N5O.C16H13NO3S.C13H24N2O2.CH4/c1-6-16-30(18-20-31(21-19-30)28(33)36-29(3,4)5)17-15-24-22-32(27-10-8-7-9-26(24)27)37(34,35)25-13-11-23(2)12-14-25;1-17-13-24-15-21(26-17)27-11-9-23(10-12-27)8-4-7-22(29)28(23)16-18-14-25-20-6-3-2-5-19(18)20;1-12-6-8-14(9-7-12)21(19,20)17-10-13(11-18)15-4-2-3-5-16(15)17;1-5-6-13(14)7-9-15(10-8-13)11(16)17-12(2,3)4;/h6-14,22H,1,15-21H2,2-5H3;2-3,5-6,13-15,25H,4,7-12,16H2,1H3;2-11H,1H3;5H,1,6-10,14H2,2-4H3;1H4. The van der Waals surface area contributed by atoms with Crippen LogP contribution in [0, 0.1) is 26.2 Å². The Bertz CT molecular complexity index is 4750. The number of piperidine rings is 4. The third-order valence-electron chi connectivity index (χ3n) is 20.4. The molecule has 4 aromatic heterocycles. The summed E-state index contributed by atoms with van der Waals surface area (Å²) in [4.78, 5) is 69.3. The minimum absolute atomic E-state index is 0. The molecule has 0 radical (unpaired) electrons. The van der Waals surface area contributed by atoms with Gasteiger partial charge in [0.25, 0.3) is 20.0 Å². The predicted molar refractivity (Wildman–Crippen MR) is 419 cm³/mol. The lowest BCUT2D eigenvalue weighted by atomic mass is 9.72. The first kappa shape index (κ1) is 79.7. The topological polar surface area (TPSA) is 245 Å². The zero-order valence-corrected chi connectivity index (χ0v) is 63.4. The molecule has 0 saturated carbocycles. The van der Waals surface area contributed by atoms with Crippen molar-refractivity contribution in [2.45, 2.75) is 192 Å². The van der Waals surface area contributed by atoms with Crippen molar-refractivity contribution >= 4 is 83.0 Å². The molecule has 4 aliphatic heterocycles. The average Bonchev–Trinajstić information content (AvgIpc) is 1.74. The fourth-order valence-electron chi connectivity index (χ4n) is 14.5. The number of rotatable bonds is 15. The van der Waals surface area contributed by atoms with Crippen molar-refractivity contribution in [2.24, 2.45) is 11.1 Å². The lowest BCUT2D eigenvalue weighted by molar-refractivity contribution is -0.144. The molecule has 560 valence electrons. The van der Waals surface area contributed by atoms with Gasteiger partial charge in [-0.05, 0) is 198 Å². The third-order valence-corrected chi connectivity index (χ3v) is 23.7. The van der Waals surface area contributed by atoms with Gasteiger partial charge in [0.05, 0.1) is 32.7 Å². The van der Waals surface area contributed by atoms with E-state index in [1.54, 1.807) is 82.9 Å². The Hall–Kier alpha value is -9.38. The number of H-pyrrole nitrogens is 1. The number of fused-ring (bicyclic) bond motifs is 3. The molecule has 0 atom stereocenters. The summed E-state index contributed by atoms with van der Waals surface area (Å²) in [5, 5.41) is 2.80. The molecule has 9 aromatic rings. The molecular weight excluding hydrogens is 1360 g/mol. The van der Waals surface area contributed by atoms with Crippen LogP contribution in [-0.4, -0.2) is 140 Å². The van der Waals surface area contributed by atoms with E-state index in [4.69, 9.17) is 15.2 Å². The van der Waals surface area contributed by atoms with Crippen LogP contribution in [0.1, 0.15) is 164 Å². The number of nitrogens with two attached hydrogens (primary N) is 1. The number of nitrogens with one attached hydrogen (secondary N) is 1. The second kappa shape index (κ2) is 33.4. The highest BCUT2D eigenvalue weighted by Gasteiger charge is 2.45.